The molecule has 2 aromatic heterocycles. The summed E-state index contributed by atoms with van der Waals surface area (Å²) in [5.74, 6) is -0.0107. The normalized spacial score (nSPS) is 10.6. The van der Waals surface area contributed by atoms with Gasteiger partial charge in [-0.25, -0.2) is 14.5 Å². The molecule has 2 heterocycles. The van der Waals surface area contributed by atoms with E-state index in [1.54, 1.807) is 11.0 Å². The number of hydrogen-bond acceptors (Lipinski definition) is 6. The van der Waals surface area contributed by atoms with Crippen molar-refractivity contribution >= 4 is 45.6 Å². The Labute approximate surface area is 172 Å². The number of thiocarbonyl (C=S) groups is 1. The van der Waals surface area contributed by atoms with Crippen molar-refractivity contribution in [3.8, 4) is 0 Å². The summed E-state index contributed by atoms with van der Waals surface area (Å²) in [5.41, 5.74) is 3.74. The molecule has 146 valence electrons. The Bertz CT molecular complexity index is 1030. The molecule has 2 N–H and O–H groups in total. The maximum absolute atomic E-state index is 12.1. The Hall–Kier alpha value is -2.78. The standard InChI is InChI=1S/C19H21N5O2S2/c1-11-7-5-6-8-14(11)9-24-10-20-18(23-24)22-19(27)21-16-15(17(25)26-4)12(2)13(3)28-16/h5-8,10H,9H2,1-4H3,(H2,21,22,23,27). The average Bonchev–Trinajstić information content (AvgIpc) is 3.20. The number of benzene rings is 1. The van der Waals surface area contributed by atoms with Gasteiger partial charge in [0.2, 0.25) is 5.95 Å². The van der Waals surface area contributed by atoms with E-state index < -0.39 is 5.97 Å². The van der Waals surface area contributed by atoms with Crippen LogP contribution in [-0.2, 0) is 11.3 Å². The summed E-state index contributed by atoms with van der Waals surface area (Å²) in [6.07, 6.45) is 1.65. The third-order valence-electron chi connectivity index (χ3n) is 4.36. The first-order valence-corrected chi connectivity index (χ1v) is 9.81. The summed E-state index contributed by atoms with van der Waals surface area (Å²) >= 11 is 6.80. The Morgan fingerprint density at radius 2 is 2.00 bits per heavy atom. The van der Waals surface area contributed by atoms with Gasteiger partial charge >= 0.3 is 5.97 Å². The predicted molar refractivity (Wildman–Crippen MR) is 115 cm³/mol. The van der Waals surface area contributed by atoms with Gasteiger partial charge in [0.15, 0.2) is 5.11 Å². The van der Waals surface area contributed by atoms with Gasteiger partial charge in [-0.2, -0.15) is 0 Å². The van der Waals surface area contributed by atoms with Gasteiger partial charge in [-0.1, -0.05) is 24.3 Å². The summed E-state index contributed by atoms with van der Waals surface area (Å²) in [7, 11) is 1.36. The molecule has 3 rings (SSSR count). The van der Waals surface area contributed by atoms with Crippen LogP contribution in [-0.4, -0.2) is 33.0 Å². The number of ether oxygens (including phenoxy) is 1. The number of methoxy groups -OCH3 is 1. The van der Waals surface area contributed by atoms with Crippen molar-refractivity contribution < 1.29 is 9.53 Å². The van der Waals surface area contributed by atoms with Crippen LogP contribution >= 0.6 is 23.6 Å². The molecular weight excluding hydrogens is 394 g/mol. The van der Waals surface area contributed by atoms with Crippen molar-refractivity contribution in [1.82, 2.24) is 14.8 Å². The van der Waals surface area contributed by atoms with Gasteiger partial charge in [0.1, 0.15) is 11.3 Å². The monoisotopic (exact) mass is 415 g/mol. The summed E-state index contributed by atoms with van der Waals surface area (Å²) in [4.78, 5) is 17.3. The second-order valence-electron chi connectivity index (χ2n) is 6.25. The van der Waals surface area contributed by atoms with Gasteiger partial charge in [0.05, 0.1) is 19.2 Å². The third-order valence-corrected chi connectivity index (χ3v) is 5.68. The molecule has 0 saturated carbocycles. The van der Waals surface area contributed by atoms with Gasteiger partial charge in [0.25, 0.3) is 0 Å². The highest BCUT2D eigenvalue weighted by Gasteiger charge is 2.21. The molecule has 0 saturated heterocycles. The van der Waals surface area contributed by atoms with Crippen LogP contribution in [0.1, 0.15) is 31.9 Å². The van der Waals surface area contributed by atoms with Crippen molar-refractivity contribution in [1.29, 1.82) is 0 Å². The Kier molecular flexibility index (Phi) is 6.05. The third kappa shape index (κ3) is 4.37. The number of thiophene rings is 1. The highest BCUT2D eigenvalue weighted by Crippen LogP contribution is 2.33. The van der Waals surface area contributed by atoms with Crippen molar-refractivity contribution in [3.63, 3.8) is 0 Å². The number of nitrogens with one attached hydrogen (secondary N) is 2. The number of rotatable bonds is 5. The number of carbonyl (C=O) groups is 1. The first-order chi connectivity index (χ1) is 13.4. The van der Waals surface area contributed by atoms with Crippen LogP contribution in [0.4, 0.5) is 10.9 Å². The predicted octanol–water partition coefficient (Wildman–Crippen LogP) is 3.91. The van der Waals surface area contributed by atoms with Crippen LogP contribution in [0, 0.1) is 20.8 Å². The minimum Gasteiger partial charge on any atom is -0.465 e. The molecule has 0 aliphatic heterocycles. The number of aromatic nitrogens is 3. The second kappa shape index (κ2) is 8.49. The summed E-state index contributed by atoms with van der Waals surface area (Å²) in [5, 5.41) is 11.4. The molecule has 0 bridgehead atoms. The van der Waals surface area contributed by atoms with Crippen LogP contribution in [0.2, 0.25) is 0 Å². The zero-order valence-electron chi connectivity index (χ0n) is 16.1. The molecule has 0 aliphatic carbocycles. The molecule has 0 radical (unpaired) electrons. The molecular formula is C19H21N5O2S2. The van der Waals surface area contributed by atoms with Gasteiger partial charge < -0.3 is 10.1 Å². The number of aryl methyl sites for hydroxylation is 2. The quantitative estimate of drug-likeness (QED) is 0.483. The average molecular weight is 416 g/mol. The minimum absolute atomic E-state index is 0.306. The SMILES string of the molecule is COC(=O)c1c(NC(=S)Nc2ncn(Cc3ccccc3C)n2)sc(C)c1C. The molecule has 28 heavy (non-hydrogen) atoms. The van der Waals surface area contributed by atoms with Crippen LogP contribution in [0.15, 0.2) is 30.6 Å². The topological polar surface area (TPSA) is 81.1 Å². The lowest BCUT2D eigenvalue weighted by Gasteiger charge is -2.08. The van der Waals surface area contributed by atoms with E-state index in [-0.39, 0.29) is 0 Å². The van der Waals surface area contributed by atoms with Crippen LogP contribution < -0.4 is 10.6 Å². The molecule has 0 spiro atoms. The molecule has 7 nitrogen and oxygen atoms in total. The van der Waals surface area contributed by atoms with Gasteiger partial charge in [-0.15, -0.1) is 16.4 Å². The highest BCUT2D eigenvalue weighted by molar-refractivity contribution is 7.80. The zero-order chi connectivity index (χ0) is 20.3. The van der Waals surface area contributed by atoms with Gasteiger partial charge in [-0.05, 0) is 49.7 Å². The van der Waals surface area contributed by atoms with E-state index >= 15 is 0 Å². The van der Waals surface area contributed by atoms with E-state index in [2.05, 4.69) is 39.8 Å². The van der Waals surface area contributed by atoms with E-state index in [4.69, 9.17) is 17.0 Å². The lowest BCUT2D eigenvalue weighted by molar-refractivity contribution is 0.0601. The Morgan fingerprint density at radius 3 is 2.71 bits per heavy atom. The molecule has 0 atom stereocenters. The van der Waals surface area contributed by atoms with E-state index in [0.29, 0.717) is 28.2 Å². The van der Waals surface area contributed by atoms with Crippen LogP contribution in [0.25, 0.3) is 0 Å². The smallest absolute Gasteiger partial charge is 0.341 e. The van der Waals surface area contributed by atoms with E-state index in [1.165, 1.54) is 29.6 Å². The van der Waals surface area contributed by atoms with Crippen LogP contribution in [0.3, 0.4) is 0 Å². The fourth-order valence-corrected chi connectivity index (χ4v) is 4.00. The minimum atomic E-state index is -0.396. The van der Waals surface area contributed by atoms with Crippen LogP contribution in [0.5, 0.6) is 0 Å². The van der Waals surface area contributed by atoms with E-state index in [0.717, 1.165) is 10.4 Å². The Balaban J connectivity index is 1.68. The Morgan fingerprint density at radius 1 is 1.25 bits per heavy atom. The number of hydrogen-bond donors (Lipinski definition) is 2. The zero-order valence-corrected chi connectivity index (χ0v) is 17.7. The number of carbonyl (C=O) groups excluding carboxylic acids is 1. The molecule has 0 unspecified atom stereocenters. The lowest BCUT2D eigenvalue weighted by atomic mass is 10.1. The molecule has 0 aliphatic rings. The molecule has 0 fully saturated rings. The maximum Gasteiger partial charge on any atom is 0.341 e. The largest absolute Gasteiger partial charge is 0.465 e. The number of nitrogens with zero attached hydrogens (tertiary/aromatic N) is 3. The number of anilines is 2. The fraction of sp³-hybridized carbons (Fsp3) is 0.263. The van der Waals surface area contributed by atoms with Crippen molar-refractivity contribution in [2.75, 3.05) is 17.7 Å². The van der Waals surface area contributed by atoms with Gasteiger partial charge in [-0.3, -0.25) is 5.32 Å². The van der Waals surface area contributed by atoms with E-state index in [1.807, 2.05) is 26.0 Å². The first kappa shape index (κ1) is 20.0. The molecule has 0 amide bonds. The number of esters is 1. The van der Waals surface area contributed by atoms with E-state index in [9.17, 15) is 4.79 Å². The maximum atomic E-state index is 12.1. The van der Waals surface area contributed by atoms with Crippen molar-refractivity contribution in [2.24, 2.45) is 0 Å². The second-order valence-corrected chi connectivity index (χ2v) is 7.88. The molecule has 3 aromatic rings. The summed E-state index contributed by atoms with van der Waals surface area (Å²) in [6.45, 7) is 6.52. The lowest BCUT2D eigenvalue weighted by Crippen LogP contribution is -2.21. The van der Waals surface area contributed by atoms with Gasteiger partial charge in [0, 0.05) is 4.88 Å². The van der Waals surface area contributed by atoms with Crippen molar-refractivity contribution in [3.05, 3.63) is 57.7 Å². The summed E-state index contributed by atoms with van der Waals surface area (Å²) in [6, 6.07) is 8.13. The molecule has 1 aromatic carbocycles. The highest BCUT2D eigenvalue weighted by atomic mass is 32.1. The van der Waals surface area contributed by atoms with Crippen molar-refractivity contribution in [2.45, 2.75) is 27.3 Å². The fourth-order valence-electron chi connectivity index (χ4n) is 2.69. The molecule has 9 heteroatoms. The first-order valence-electron chi connectivity index (χ1n) is 8.59. The summed E-state index contributed by atoms with van der Waals surface area (Å²) < 4.78 is 6.62.